The molecule has 1 aliphatic heterocycles. The fourth-order valence-electron chi connectivity index (χ4n) is 3.14. The highest BCUT2D eigenvalue weighted by atomic mass is 35.5. The Balaban J connectivity index is 2.00. The second-order valence-electron chi connectivity index (χ2n) is 6.60. The molecule has 2 aromatic rings. The number of methoxy groups -OCH3 is 1. The van der Waals surface area contributed by atoms with E-state index in [1.807, 2.05) is 13.0 Å². The first kappa shape index (κ1) is 20.4. The molecule has 150 valence electrons. The lowest BCUT2D eigenvalue weighted by Crippen LogP contribution is -2.46. The minimum absolute atomic E-state index is 0.120. The second kappa shape index (κ2) is 9.21. The number of rotatable bonds is 7. The number of carbonyl (C=O) groups excluding carboxylic acids is 1. The van der Waals surface area contributed by atoms with Gasteiger partial charge in [0.05, 0.1) is 12.6 Å². The van der Waals surface area contributed by atoms with E-state index in [1.165, 1.54) is 12.1 Å². The summed E-state index contributed by atoms with van der Waals surface area (Å²) in [6, 6.07) is 8.05. The van der Waals surface area contributed by atoms with Crippen LogP contribution in [0.15, 0.2) is 30.3 Å². The van der Waals surface area contributed by atoms with Gasteiger partial charge in [-0.25, -0.2) is 4.39 Å². The highest BCUT2D eigenvalue weighted by Gasteiger charge is 2.31. The Morgan fingerprint density at radius 2 is 2.18 bits per heavy atom. The summed E-state index contributed by atoms with van der Waals surface area (Å²) in [5, 5.41) is 3.25. The number of amides is 1. The summed E-state index contributed by atoms with van der Waals surface area (Å²) < 4.78 is 24.1. The molecule has 28 heavy (non-hydrogen) atoms. The van der Waals surface area contributed by atoms with Crippen LogP contribution in [0.4, 0.5) is 15.9 Å². The molecule has 1 aromatic carbocycles. The number of pyridine rings is 1. The summed E-state index contributed by atoms with van der Waals surface area (Å²) in [5.74, 6) is 0.428. The summed E-state index contributed by atoms with van der Waals surface area (Å²) in [6.07, 6.45) is 0.521. The Morgan fingerprint density at radius 3 is 2.86 bits per heavy atom. The number of alkyl halides is 1. The van der Waals surface area contributed by atoms with Gasteiger partial charge in [0.15, 0.2) is 0 Å². The first-order valence-electron chi connectivity index (χ1n) is 9.05. The maximum atomic E-state index is 13.2. The molecular formula is C20H23ClFN3O3. The Bertz CT molecular complexity index is 832. The molecule has 1 aromatic heterocycles. The van der Waals surface area contributed by atoms with Gasteiger partial charge < -0.3 is 19.7 Å². The van der Waals surface area contributed by atoms with E-state index in [1.54, 1.807) is 24.1 Å². The van der Waals surface area contributed by atoms with Crippen molar-refractivity contribution >= 4 is 29.0 Å². The number of hydrogen-bond acceptors (Lipinski definition) is 5. The number of nitrogens with zero attached hydrogens (tertiary/aromatic N) is 2. The fourth-order valence-corrected chi connectivity index (χ4v) is 3.27. The third kappa shape index (κ3) is 4.54. The van der Waals surface area contributed by atoms with Crippen LogP contribution in [-0.2, 0) is 16.0 Å². The van der Waals surface area contributed by atoms with Gasteiger partial charge in [0, 0.05) is 25.6 Å². The number of ether oxygens (including phenoxy) is 2. The Labute approximate surface area is 168 Å². The smallest absolute Gasteiger partial charge is 0.242 e. The van der Waals surface area contributed by atoms with Crippen LogP contribution >= 0.6 is 11.6 Å². The maximum Gasteiger partial charge on any atom is 0.242 e. The van der Waals surface area contributed by atoms with Gasteiger partial charge in [-0.3, -0.25) is 4.79 Å². The Hall–Kier alpha value is -2.38. The van der Waals surface area contributed by atoms with E-state index in [9.17, 15) is 9.18 Å². The monoisotopic (exact) mass is 407 g/mol. The van der Waals surface area contributed by atoms with Crippen molar-refractivity contribution in [2.24, 2.45) is 0 Å². The van der Waals surface area contributed by atoms with Crippen LogP contribution in [0, 0.1) is 5.82 Å². The molecule has 0 aliphatic carbocycles. The molecule has 6 nitrogen and oxygen atoms in total. The van der Waals surface area contributed by atoms with E-state index in [-0.39, 0.29) is 23.6 Å². The van der Waals surface area contributed by atoms with Crippen molar-refractivity contribution < 1.29 is 18.7 Å². The van der Waals surface area contributed by atoms with Gasteiger partial charge in [-0.1, -0.05) is 12.1 Å². The van der Waals surface area contributed by atoms with Gasteiger partial charge in [-0.2, -0.15) is 4.98 Å². The molecule has 3 rings (SSSR count). The largest absolute Gasteiger partial charge is 0.474 e. The van der Waals surface area contributed by atoms with Crippen LogP contribution in [0.1, 0.15) is 18.1 Å². The van der Waals surface area contributed by atoms with E-state index >= 15 is 0 Å². The van der Waals surface area contributed by atoms with Crippen molar-refractivity contribution in [1.29, 1.82) is 0 Å². The molecule has 0 saturated carbocycles. The number of carbonyl (C=O) groups is 1. The first-order chi connectivity index (χ1) is 13.5. The summed E-state index contributed by atoms with van der Waals surface area (Å²) >= 11 is 5.80. The normalized spacial score (nSPS) is 15.7. The summed E-state index contributed by atoms with van der Waals surface area (Å²) in [6.45, 7) is 3.33. The minimum atomic E-state index is -0.285. The van der Waals surface area contributed by atoms with Crippen LogP contribution in [-0.4, -0.2) is 49.7 Å². The zero-order valence-electron chi connectivity index (χ0n) is 15.9. The molecule has 1 amide bonds. The summed E-state index contributed by atoms with van der Waals surface area (Å²) in [4.78, 5) is 18.6. The summed E-state index contributed by atoms with van der Waals surface area (Å²) in [5.41, 5.74) is 2.39. The zero-order chi connectivity index (χ0) is 20.1. The summed E-state index contributed by atoms with van der Waals surface area (Å²) in [7, 11) is 1.63. The SMILES string of the molecule is COCCNc1nc2c(cc1Cc1ccc(F)cc1)N(C(=O)CCl)[C@@H](C)CO2. The average molecular weight is 408 g/mol. The Kier molecular flexibility index (Phi) is 6.70. The number of fused-ring (bicyclic) bond motifs is 1. The number of nitrogens with one attached hydrogen (secondary N) is 1. The van der Waals surface area contributed by atoms with E-state index < -0.39 is 0 Å². The predicted octanol–water partition coefficient (Wildman–Crippen LogP) is 3.22. The fraction of sp³-hybridized carbons (Fsp3) is 0.400. The van der Waals surface area contributed by atoms with Crippen LogP contribution in [0.25, 0.3) is 0 Å². The molecule has 0 saturated heterocycles. The maximum absolute atomic E-state index is 13.2. The standard InChI is InChI=1S/C20H23ClFN3O3/c1-13-12-28-20-17(25(13)18(26)11-21)10-15(19(24-20)23-7-8-27-2)9-14-3-5-16(22)6-4-14/h3-6,10,13H,7-9,11-12H2,1-2H3,(H,23,24)/t13-/m0/s1. The average Bonchev–Trinajstić information content (AvgIpc) is 2.70. The third-order valence-corrected chi connectivity index (χ3v) is 4.73. The number of hydrogen-bond donors (Lipinski definition) is 1. The van der Waals surface area contributed by atoms with Crippen LogP contribution in [0.3, 0.4) is 0 Å². The highest BCUT2D eigenvalue weighted by molar-refractivity contribution is 6.29. The lowest BCUT2D eigenvalue weighted by molar-refractivity contribution is -0.117. The van der Waals surface area contributed by atoms with Gasteiger partial charge in [-0.05, 0) is 30.7 Å². The van der Waals surface area contributed by atoms with E-state index in [4.69, 9.17) is 21.1 Å². The molecule has 0 unspecified atom stereocenters. The number of anilines is 2. The molecule has 1 aliphatic rings. The molecule has 0 spiro atoms. The number of halogens is 2. The van der Waals surface area contributed by atoms with Gasteiger partial charge in [-0.15, -0.1) is 11.6 Å². The molecule has 0 fully saturated rings. The predicted molar refractivity (Wildman–Crippen MR) is 107 cm³/mol. The van der Waals surface area contributed by atoms with Gasteiger partial charge >= 0.3 is 0 Å². The molecular weight excluding hydrogens is 385 g/mol. The van der Waals surface area contributed by atoms with Gasteiger partial charge in [0.2, 0.25) is 11.8 Å². The first-order valence-corrected chi connectivity index (χ1v) is 9.59. The van der Waals surface area contributed by atoms with Crippen molar-refractivity contribution in [3.8, 4) is 5.88 Å². The van der Waals surface area contributed by atoms with Crippen molar-refractivity contribution in [1.82, 2.24) is 4.98 Å². The van der Waals surface area contributed by atoms with Gasteiger partial charge in [0.25, 0.3) is 0 Å². The minimum Gasteiger partial charge on any atom is -0.474 e. The molecule has 1 atom stereocenters. The topological polar surface area (TPSA) is 63.7 Å². The quantitative estimate of drug-likeness (QED) is 0.564. The number of benzene rings is 1. The van der Waals surface area contributed by atoms with Crippen LogP contribution < -0.4 is 15.0 Å². The van der Waals surface area contributed by atoms with Crippen molar-refractivity contribution in [3.63, 3.8) is 0 Å². The molecule has 1 N–H and O–H groups in total. The Morgan fingerprint density at radius 1 is 1.43 bits per heavy atom. The molecule has 0 bridgehead atoms. The van der Waals surface area contributed by atoms with E-state index in [2.05, 4.69) is 10.3 Å². The lowest BCUT2D eigenvalue weighted by Gasteiger charge is -2.34. The number of aromatic nitrogens is 1. The van der Waals surface area contributed by atoms with Gasteiger partial charge in [0.1, 0.15) is 29.8 Å². The van der Waals surface area contributed by atoms with E-state index in [0.717, 1.165) is 11.1 Å². The van der Waals surface area contributed by atoms with E-state index in [0.29, 0.717) is 43.6 Å². The molecule has 0 radical (unpaired) electrons. The van der Waals surface area contributed by atoms with Crippen molar-refractivity contribution in [2.75, 3.05) is 43.0 Å². The zero-order valence-corrected chi connectivity index (χ0v) is 16.6. The van der Waals surface area contributed by atoms with Crippen LogP contribution in [0.5, 0.6) is 5.88 Å². The van der Waals surface area contributed by atoms with Crippen molar-refractivity contribution in [3.05, 3.63) is 47.3 Å². The highest BCUT2D eigenvalue weighted by Crippen LogP contribution is 2.36. The van der Waals surface area contributed by atoms with Crippen LogP contribution in [0.2, 0.25) is 0 Å². The molecule has 2 heterocycles. The molecule has 8 heteroatoms. The van der Waals surface area contributed by atoms with Crippen molar-refractivity contribution in [2.45, 2.75) is 19.4 Å². The third-order valence-electron chi connectivity index (χ3n) is 4.50. The lowest BCUT2D eigenvalue weighted by atomic mass is 10.0. The second-order valence-corrected chi connectivity index (χ2v) is 6.87.